The van der Waals surface area contributed by atoms with Crippen molar-refractivity contribution in [3.05, 3.63) is 112 Å². The van der Waals surface area contributed by atoms with Gasteiger partial charge in [0.25, 0.3) is 10.0 Å². The van der Waals surface area contributed by atoms with Gasteiger partial charge in [0, 0.05) is 23.0 Å². The van der Waals surface area contributed by atoms with Gasteiger partial charge in [-0.2, -0.15) is 13.2 Å². The highest BCUT2D eigenvalue weighted by molar-refractivity contribution is 7.92. The Kier molecular flexibility index (Phi) is 5.76. The molecule has 6 nitrogen and oxygen atoms in total. The van der Waals surface area contributed by atoms with Crippen LogP contribution in [0.3, 0.4) is 0 Å². The summed E-state index contributed by atoms with van der Waals surface area (Å²) < 4.78 is 73.6. The summed E-state index contributed by atoms with van der Waals surface area (Å²) in [6.45, 7) is 0. The van der Waals surface area contributed by atoms with Crippen molar-refractivity contribution in [2.24, 2.45) is 0 Å². The second-order valence-corrected chi connectivity index (χ2v) is 9.80. The lowest BCUT2D eigenvalue weighted by Crippen LogP contribution is -2.13. The van der Waals surface area contributed by atoms with Gasteiger partial charge in [-0.3, -0.25) is 9.71 Å². The average molecular weight is 510 g/mol. The molecule has 10 heteroatoms. The third kappa shape index (κ3) is 4.67. The van der Waals surface area contributed by atoms with Crippen LogP contribution in [0.2, 0.25) is 0 Å². The van der Waals surface area contributed by atoms with E-state index in [1.807, 2.05) is 12.1 Å². The van der Waals surface area contributed by atoms with Gasteiger partial charge >= 0.3 is 11.8 Å². The summed E-state index contributed by atoms with van der Waals surface area (Å²) >= 11 is 0. The number of fused-ring (bicyclic) bond motifs is 2. The Hall–Kier alpha value is -4.18. The summed E-state index contributed by atoms with van der Waals surface area (Å²) in [7, 11) is -3.91. The number of hydrogen-bond acceptors (Lipinski definition) is 5. The van der Waals surface area contributed by atoms with E-state index in [-0.39, 0.29) is 22.3 Å². The lowest BCUT2D eigenvalue weighted by Gasteiger charge is -2.12. The van der Waals surface area contributed by atoms with Crippen LogP contribution in [-0.4, -0.2) is 13.4 Å². The van der Waals surface area contributed by atoms with E-state index >= 15 is 0 Å². The molecule has 0 fully saturated rings. The number of nitrogens with zero attached hydrogens (tertiary/aromatic N) is 1. The highest BCUT2D eigenvalue weighted by Gasteiger charge is 2.33. The van der Waals surface area contributed by atoms with Crippen LogP contribution in [0.5, 0.6) is 0 Å². The molecule has 5 aromatic rings. The molecule has 2 heterocycles. The van der Waals surface area contributed by atoms with E-state index in [4.69, 9.17) is 4.42 Å². The maximum atomic E-state index is 13.4. The number of anilines is 1. The monoisotopic (exact) mass is 510 g/mol. The Morgan fingerprint density at radius 2 is 1.61 bits per heavy atom. The fraction of sp³-hybridized carbons (Fsp3) is 0.0769. The summed E-state index contributed by atoms with van der Waals surface area (Å²) in [5, 5.41) is 0.572. The fourth-order valence-electron chi connectivity index (χ4n) is 3.97. The third-order valence-electron chi connectivity index (χ3n) is 5.63. The van der Waals surface area contributed by atoms with Crippen molar-refractivity contribution in [3.63, 3.8) is 0 Å². The summed E-state index contributed by atoms with van der Waals surface area (Å²) in [6, 6.07) is 19.4. The molecular formula is C26H17F3N2O4S. The molecule has 36 heavy (non-hydrogen) atoms. The summed E-state index contributed by atoms with van der Waals surface area (Å²) in [5.41, 5.74) is -0.207. The van der Waals surface area contributed by atoms with Crippen LogP contribution in [0.4, 0.5) is 18.9 Å². The molecule has 2 aromatic heterocycles. The molecule has 0 aliphatic carbocycles. The molecule has 0 saturated carbocycles. The average Bonchev–Trinajstić information content (AvgIpc) is 2.83. The van der Waals surface area contributed by atoms with Crippen molar-refractivity contribution >= 4 is 37.6 Å². The molecule has 1 N–H and O–H groups in total. The van der Waals surface area contributed by atoms with Gasteiger partial charge in [-0.25, -0.2) is 13.2 Å². The number of benzene rings is 3. The van der Waals surface area contributed by atoms with Crippen LogP contribution in [0.15, 0.2) is 99.2 Å². The first-order valence-electron chi connectivity index (χ1n) is 10.7. The lowest BCUT2D eigenvalue weighted by molar-refractivity contribution is -0.136. The second-order valence-electron chi connectivity index (χ2n) is 8.11. The highest BCUT2D eigenvalue weighted by Crippen LogP contribution is 2.34. The maximum Gasteiger partial charge on any atom is 0.417 e. The van der Waals surface area contributed by atoms with Crippen LogP contribution < -0.4 is 10.3 Å². The van der Waals surface area contributed by atoms with E-state index in [2.05, 4.69) is 9.71 Å². The van der Waals surface area contributed by atoms with Crippen molar-refractivity contribution in [2.45, 2.75) is 17.5 Å². The van der Waals surface area contributed by atoms with Crippen LogP contribution in [0.1, 0.15) is 16.7 Å². The van der Waals surface area contributed by atoms with E-state index in [0.29, 0.717) is 28.4 Å². The number of sulfonamides is 1. The van der Waals surface area contributed by atoms with Crippen molar-refractivity contribution < 1.29 is 26.0 Å². The Bertz CT molecular complexity index is 1760. The van der Waals surface area contributed by atoms with E-state index in [9.17, 15) is 26.4 Å². The predicted octanol–water partition coefficient (Wildman–Crippen LogP) is 5.75. The summed E-state index contributed by atoms with van der Waals surface area (Å²) in [4.78, 5) is 15.8. The molecule has 0 bridgehead atoms. The van der Waals surface area contributed by atoms with E-state index < -0.39 is 27.4 Å². The fourth-order valence-corrected chi connectivity index (χ4v) is 5.03. The van der Waals surface area contributed by atoms with Gasteiger partial charge < -0.3 is 4.42 Å². The van der Waals surface area contributed by atoms with Crippen molar-refractivity contribution in [3.8, 4) is 0 Å². The number of hydrogen-bond donors (Lipinski definition) is 1. The van der Waals surface area contributed by atoms with Crippen molar-refractivity contribution in [2.75, 3.05) is 4.72 Å². The smallest absolute Gasteiger partial charge is 0.417 e. The van der Waals surface area contributed by atoms with Crippen LogP contribution >= 0.6 is 0 Å². The van der Waals surface area contributed by atoms with Gasteiger partial charge in [0.15, 0.2) is 0 Å². The standard InChI is InChI=1S/C26H17F3N2O4S/c27-26(28,29)21-15-24(32)35-23-11-8-17(14-20(21)23)13-16-6-9-19(10-7-16)36(33,34)31-22-5-1-3-18-4-2-12-30-25(18)22/h1-12,14-15,31H,13H2. The number of rotatable bonds is 5. The minimum absolute atomic E-state index is 0.0267. The van der Waals surface area contributed by atoms with Crippen LogP contribution in [0, 0.1) is 0 Å². The predicted molar refractivity (Wildman–Crippen MR) is 129 cm³/mol. The third-order valence-corrected chi connectivity index (χ3v) is 7.01. The normalized spacial score (nSPS) is 12.2. The minimum Gasteiger partial charge on any atom is -0.423 e. The molecule has 0 amide bonds. The molecule has 0 aliphatic heterocycles. The maximum absolute atomic E-state index is 13.4. The molecule has 0 spiro atoms. The quantitative estimate of drug-likeness (QED) is 0.304. The molecule has 0 aliphatic rings. The topological polar surface area (TPSA) is 89.3 Å². The molecule has 0 saturated heterocycles. The van der Waals surface area contributed by atoms with Crippen LogP contribution in [0.25, 0.3) is 21.9 Å². The van der Waals surface area contributed by atoms with Gasteiger partial charge in [0.05, 0.1) is 21.7 Å². The number of halogens is 3. The van der Waals surface area contributed by atoms with Gasteiger partial charge in [-0.15, -0.1) is 0 Å². The first kappa shape index (κ1) is 23.6. The summed E-state index contributed by atoms with van der Waals surface area (Å²) in [5.74, 6) is 0. The Morgan fingerprint density at radius 3 is 2.36 bits per heavy atom. The van der Waals surface area contributed by atoms with Crippen molar-refractivity contribution in [1.29, 1.82) is 0 Å². The molecular weight excluding hydrogens is 493 g/mol. The van der Waals surface area contributed by atoms with Gasteiger partial charge in [0.2, 0.25) is 0 Å². The van der Waals surface area contributed by atoms with E-state index in [1.54, 1.807) is 42.6 Å². The van der Waals surface area contributed by atoms with Gasteiger partial charge in [-0.1, -0.05) is 36.4 Å². The molecule has 182 valence electrons. The summed E-state index contributed by atoms with van der Waals surface area (Å²) in [6.07, 6.45) is -2.89. The SMILES string of the molecule is O=c1cc(C(F)(F)F)c2cc(Cc3ccc(S(=O)(=O)Nc4cccc5cccnc45)cc3)ccc2o1. The zero-order chi connectivity index (χ0) is 25.5. The van der Waals surface area contributed by atoms with Gasteiger partial charge in [-0.05, 0) is 53.9 Å². The molecule has 0 atom stereocenters. The van der Waals surface area contributed by atoms with Crippen molar-refractivity contribution in [1.82, 2.24) is 4.98 Å². The zero-order valence-corrected chi connectivity index (χ0v) is 19.2. The highest BCUT2D eigenvalue weighted by atomic mass is 32.2. The van der Waals surface area contributed by atoms with E-state index in [0.717, 1.165) is 5.39 Å². The number of aromatic nitrogens is 1. The Labute approximate surface area is 203 Å². The lowest BCUT2D eigenvalue weighted by atomic mass is 10.0. The molecule has 5 rings (SSSR count). The Balaban J connectivity index is 1.41. The molecule has 3 aromatic carbocycles. The largest absolute Gasteiger partial charge is 0.423 e. The first-order valence-corrected chi connectivity index (χ1v) is 12.2. The zero-order valence-electron chi connectivity index (χ0n) is 18.4. The number of para-hydroxylation sites is 1. The molecule has 0 unspecified atom stereocenters. The minimum atomic E-state index is -4.71. The second kappa shape index (κ2) is 8.80. The van der Waals surface area contributed by atoms with Crippen LogP contribution in [-0.2, 0) is 22.6 Å². The Morgan fingerprint density at radius 1 is 0.889 bits per heavy atom. The number of pyridine rings is 1. The number of nitrogens with one attached hydrogen (secondary N) is 1. The number of alkyl halides is 3. The first-order chi connectivity index (χ1) is 17.1. The van der Waals surface area contributed by atoms with E-state index in [1.165, 1.54) is 24.3 Å². The molecule has 0 radical (unpaired) electrons. The van der Waals surface area contributed by atoms with Gasteiger partial charge in [0.1, 0.15) is 5.58 Å².